The fraction of sp³-hybridized carbons (Fsp3) is 0.882. The van der Waals surface area contributed by atoms with Gasteiger partial charge in [-0.05, 0) is 66.1 Å². The topological polar surface area (TPSA) is 52.6 Å². The van der Waals surface area contributed by atoms with E-state index in [1.165, 1.54) is 12.8 Å². The predicted octanol–water partition coefficient (Wildman–Crippen LogP) is 1.83. The molecule has 5 aliphatic carbocycles. The molecule has 21 heavy (non-hydrogen) atoms. The summed E-state index contributed by atoms with van der Waals surface area (Å²) in [6.45, 7) is 3.28. The lowest BCUT2D eigenvalue weighted by Gasteiger charge is -2.49. The Labute approximate surface area is 123 Å². The molecule has 5 saturated carbocycles. The Hall–Kier alpha value is -1.06. The van der Waals surface area contributed by atoms with Crippen LogP contribution in [0.25, 0.3) is 0 Å². The number of carbonyl (C=O) groups excluding carboxylic acids is 2. The van der Waals surface area contributed by atoms with E-state index in [-0.39, 0.29) is 17.9 Å². The van der Waals surface area contributed by atoms with Gasteiger partial charge in [0.2, 0.25) is 0 Å². The molecule has 1 heterocycles. The summed E-state index contributed by atoms with van der Waals surface area (Å²) in [6.07, 6.45) is 2.74. The monoisotopic (exact) mass is 288 g/mol. The third kappa shape index (κ3) is 1.02. The predicted molar refractivity (Wildman–Crippen MR) is 70.4 cm³/mol. The molecule has 4 heteroatoms. The number of esters is 2. The van der Waals surface area contributed by atoms with Crippen LogP contribution < -0.4 is 0 Å². The molecule has 0 aromatic heterocycles. The van der Waals surface area contributed by atoms with E-state index >= 15 is 0 Å². The molecule has 2 bridgehead atoms. The van der Waals surface area contributed by atoms with Crippen LogP contribution in [0.5, 0.6) is 0 Å². The lowest BCUT2D eigenvalue weighted by molar-refractivity contribution is -0.246. The molecule has 0 amide bonds. The van der Waals surface area contributed by atoms with Crippen molar-refractivity contribution in [3.8, 4) is 0 Å². The highest BCUT2D eigenvalue weighted by atomic mass is 16.7. The second-order valence-electron chi connectivity index (χ2n) is 8.73. The van der Waals surface area contributed by atoms with Gasteiger partial charge in [0, 0.05) is 13.8 Å². The van der Waals surface area contributed by atoms with Gasteiger partial charge in [0.15, 0.2) is 5.92 Å². The van der Waals surface area contributed by atoms with E-state index in [9.17, 15) is 9.59 Å². The van der Waals surface area contributed by atoms with Crippen LogP contribution in [-0.2, 0) is 19.1 Å². The maximum Gasteiger partial charge on any atom is 0.323 e. The fourth-order valence-corrected chi connectivity index (χ4v) is 8.04. The molecule has 112 valence electrons. The SMILES string of the molecule is CC1(C)OC(=O)C([C@@H]2[C@@H]3[C@@H]4C[C@@H]5[C@H]6[C@H]4C[C@H]3[C@H]6[C@@H]52)C(=O)O1. The molecule has 0 aromatic carbocycles. The summed E-state index contributed by atoms with van der Waals surface area (Å²) >= 11 is 0. The maximum atomic E-state index is 12.5. The Morgan fingerprint density at radius 3 is 1.81 bits per heavy atom. The molecule has 1 saturated heterocycles. The molecule has 0 radical (unpaired) electrons. The Bertz CT molecular complexity index is 570. The second kappa shape index (κ2) is 3.02. The van der Waals surface area contributed by atoms with Crippen molar-refractivity contribution in [1.29, 1.82) is 0 Å². The average Bonchev–Trinajstić information content (AvgIpc) is 2.85. The molecule has 0 N–H and O–H groups in total. The molecule has 6 fully saturated rings. The third-order valence-electron chi connectivity index (χ3n) is 7.97. The van der Waals surface area contributed by atoms with Crippen LogP contribution in [0.2, 0.25) is 0 Å². The normalized spacial score (nSPS) is 61.1. The van der Waals surface area contributed by atoms with Gasteiger partial charge in [-0.1, -0.05) is 0 Å². The molecule has 1 aliphatic heterocycles. The zero-order valence-corrected chi connectivity index (χ0v) is 12.3. The fourth-order valence-electron chi connectivity index (χ4n) is 8.04. The average molecular weight is 288 g/mol. The summed E-state index contributed by atoms with van der Waals surface area (Å²) in [5, 5.41) is 0. The van der Waals surface area contributed by atoms with Crippen LogP contribution in [0.1, 0.15) is 26.7 Å². The Balaban J connectivity index is 1.41. The van der Waals surface area contributed by atoms with Gasteiger partial charge in [0.25, 0.3) is 5.79 Å². The van der Waals surface area contributed by atoms with Crippen LogP contribution in [-0.4, -0.2) is 17.7 Å². The first-order chi connectivity index (χ1) is 9.98. The van der Waals surface area contributed by atoms with Gasteiger partial charge in [-0.25, -0.2) is 0 Å². The summed E-state index contributed by atoms with van der Waals surface area (Å²) in [5.74, 6) is 4.14. The number of hydrogen-bond acceptors (Lipinski definition) is 4. The van der Waals surface area contributed by atoms with Gasteiger partial charge in [0.05, 0.1) is 0 Å². The van der Waals surface area contributed by atoms with Gasteiger partial charge in [-0.15, -0.1) is 0 Å². The van der Waals surface area contributed by atoms with Crippen LogP contribution in [0.3, 0.4) is 0 Å². The zero-order valence-electron chi connectivity index (χ0n) is 12.3. The molecule has 0 unspecified atom stereocenters. The van der Waals surface area contributed by atoms with Crippen LogP contribution >= 0.6 is 0 Å². The molecule has 6 rings (SSSR count). The first-order valence-corrected chi connectivity index (χ1v) is 8.44. The Morgan fingerprint density at radius 1 is 0.762 bits per heavy atom. The van der Waals surface area contributed by atoms with Crippen LogP contribution in [0.4, 0.5) is 0 Å². The van der Waals surface area contributed by atoms with E-state index in [2.05, 4.69) is 0 Å². The minimum absolute atomic E-state index is 0.226. The van der Waals surface area contributed by atoms with Crippen LogP contribution in [0.15, 0.2) is 0 Å². The third-order valence-corrected chi connectivity index (χ3v) is 7.97. The van der Waals surface area contributed by atoms with Crippen molar-refractivity contribution in [3.05, 3.63) is 0 Å². The van der Waals surface area contributed by atoms with Gasteiger partial charge >= 0.3 is 11.9 Å². The molecule has 0 spiro atoms. The van der Waals surface area contributed by atoms with Crippen molar-refractivity contribution in [1.82, 2.24) is 0 Å². The van der Waals surface area contributed by atoms with Crippen LogP contribution in [0, 0.1) is 59.2 Å². The quantitative estimate of drug-likeness (QED) is 0.545. The van der Waals surface area contributed by atoms with Gasteiger partial charge < -0.3 is 9.47 Å². The summed E-state index contributed by atoms with van der Waals surface area (Å²) in [5.41, 5.74) is 0. The highest BCUT2D eigenvalue weighted by Crippen LogP contribution is 2.85. The van der Waals surface area contributed by atoms with E-state index < -0.39 is 11.7 Å². The van der Waals surface area contributed by atoms with Gasteiger partial charge in [-0.3, -0.25) is 9.59 Å². The van der Waals surface area contributed by atoms with Crippen molar-refractivity contribution in [2.45, 2.75) is 32.5 Å². The second-order valence-corrected chi connectivity index (χ2v) is 8.73. The molecule has 4 nitrogen and oxygen atoms in total. The minimum atomic E-state index is -1.09. The van der Waals surface area contributed by atoms with Crippen molar-refractivity contribution in [3.63, 3.8) is 0 Å². The van der Waals surface area contributed by atoms with Crippen molar-refractivity contribution >= 4 is 11.9 Å². The molecular weight excluding hydrogens is 268 g/mol. The molecular formula is C17H20O4. The standard InChI is InChI=1S/C17H20O4/c1-17(2)20-15(18)14(16(19)21-17)13-10-6-4-7-9-5(6)3-8(10)11(9)12(7)13/h5-14H,3-4H2,1-2H3/t5-,6+,7+,8+,9+,10+,11+,12+,13+/m0/s1. The highest BCUT2D eigenvalue weighted by Gasteiger charge is 2.82. The number of fused-ring (bicyclic) bond motifs is 2. The summed E-state index contributed by atoms with van der Waals surface area (Å²) in [4.78, 5) is 25.0. The van der Waals surface area contributed by atoms with Crippen molar-refractivity contribution in [2.75, 3.05) is 0 Å². The lowest BCUT2D eigenvalue weighted by atomic mass is 9.55. The zero-order chi connectivity index (χ0) is 14.3. The first kappa shape index (κ1) is 11.5. The number of ether oxygens (including phenoxy) is 2. The van der Waals surface area contributed by atoms with E-state index in [1.54, 1.807) is 13.8 Å². The number of cyclic esters (lactones) is 2. The summed E-state index contributed by atoms with van der Waals surface area (Å²) in [6, 6.07) is 0. The maximum absolute atomic E-state index is 12.5. The molecule has 9 atom stereocenters. The minimum Gasteiger partial charge on any atom is -0.422 e. The number of rotatable bonds is 1. The Kier molecular flexibility index (Phi) is 1.65. The Morgan fingerprint density at radius 2 is 1.24 bits per heavy atom. The van der Waals surface area contributed by atoms with E-state index in [0.717, 1.165) is 35.5 Å². The molecule has 0 aromatic rings. The first-order valence-electron chi connectivity index (χ1n) is 8.44. The van der Waals surface area contributed by atoms with Crippen molar-refractivity contribution in [2.24, 2.45) is 59.2 Å². The van der Waals surface area contributed by atoms with E-state index in [4.69, 9.17) is 9.47 Å². The van der Waals surface area contributed by atoms with Gasteiger partial charge in [-0.2, -0.15) is 0 Å². The largest absolute Gasteiger partial charge is 0.422 e. The summed E-state index contributed by atoms with van der Waals surface area (Å²) in [7, 11) is 0. The van der Waals surface area contributed by atoms with Crippen molar-refractivity contribution < 1.29 is 19.1 Å². The van der Waals surface area contributed by atoms with Gasteiger partial charge in [0.1, 0.15) is 0 Å². The number of hydrogen-bond donors (Lipinski definition) is 0. The van der Waals surface area contributed by atoms with E-state index in [0.29, 0.717) is 11.8 Å². The molecule has 6 aliphatic rings. The lowest BCUT2D eigenvalue weighted by Crippen LogP contribution is -2.54. The number of carbonyl (C=O) groups is 2. The smallest absolute Gasteiger partial charge is 0.323 e. The highest BCUT2D eigenvalue weighted by molar-refractivity contribution is 5.97. The summed E-state index contributed by atoms with van der Waals surface area (Å²) < 4.78 is 10.8. The van der Waals surface area contributed by atoms with E-state index in [1.807, 2.05) is 0 Å².